The minimum absolute atomic E-state index is 0.207. The van der Waals surface area contributed by atoms with Crippen molar-refractivity contribution in [2.75, 3.05) is 0 Å². The second kappa shape index (κ2) is 11.1. The highest BCUT2D eigenvalue weighted by molar-refractivity contribution is 5.95. The fraction of sp³-hybridized carbons (Fsp3) is 0.0833. The van der Waals surface area contributed by atoms with Gasteiger partial charge in [-0.1, -0.05) is 147 Å². The number of fused-ring (bicyclic) bond motifs is 9. The summed E-state index contributed by atoms with van der Waals surface area (Å²) in [5, 5.41) is 11.8. The van der Waals surface area contributed by atoms with Crippen LogP contribution in [-0.2, 0) is 10.8 Å². The molecule has 0 atom stereocenters. The van der Waals surface area contributed by atoms with E-state index in [0.29, 0.717) is 0 Å². The standard InChI is InChI=1S/C48H34N2O/c1-47(2)37-19-5-6-20-39(37)48(40-21-7-9-23-45(40)51-46-24-10-8-22-41(46)48)42-30-33(25-26-38(42)47)32-15-11-16-34(29-32)43-27-28-44(50-49-43)36-18-12-14-31-13-3-4-17-35(31)36/h3-30H,1-2H3. The lowest BCUT2D eigenvalue weighted by atomic mass is 9.53. The quantitative estimate of drug-likeness (QED) is 0.190. The van der Waals surface area contributed by atoms with Crippen LogP contribution in [0.1, 0.15) is 47.2 Å². The highest BCUT2D eigenvalue weighted by Gasteiger charge is 2.52. The Labute approximate surface area is 297 Å². The minimum Gasteiger partial charge on any atom is -0.457 e. The molecule has 8 aromatic rings. The molecule has 51 heavy (non-hydrogen) atoms. The molecule has 1 aliphatic heterocycles. The van der Waals surface area contributed by atoms with Crippen molar-refractivity contribution in [2.45, 2.75) is 24.7 Å². The van der Waals surface area contributed by atoms with Gasteiger partial charge in [-0.05, 0) is 80.6 Å². The van der Waals surface area contributed by atoms with Crippen molar-refractivity contribution in [3.05, 3.63) is 203 Å². The molecule has 0 radical (unpaired) electrons. The lowest BCUT2D eigenvalue weighted by molar-refractivity contribution is 0.425. The van der Waals surface area contributed by atoms with E-state index in [1.54, 1.807) is 0 Å². The van der Waals surface area contributed by atoms with Crippen LogP contribution in [0.25, 0.3) is 44.4 Å². The maximum atomic E-state index is 6.61. The summed E-state index contributed by atoms with van der Waals surface area (Å²) in [6, 6.07) is 60.8. The van der Waals surface area contributed by atoms with E-state index in [-0.39, 0.29) is 5.41 Å². The van der Waals surface area contributed by atoms with E-state index in [9.17, 15) is 0 Å². The number of rotatable bonds is 3. The van der Waals surface area contributed by atoms with Gasteiger partial charge >= 0.3 is 0 Å². The Bertz CT molecular complexity index is 2600. The summed E-state index contributed by atoms with van der Waals surface area (Å²) in [5.41, 5.74) is 13.0. The summed E-state index contributed by atoms with van der Waals surface area (Å²) in [4.78, 5) is 0. The van der Waals surface area contributed by atoms with Crippen LogP contribution >= 0.6 is 0 Å². The zero-order valence-corrected chi connectivity index (χ0v) is 28.5. The van der Waals surface area contributed by atoms with Gasteiger partial charge in [-0.2, -0.15) is 0 Å². The lowest BCUT2D eigenvalue weighted by Gasteiger charge is -2.50. The average molecular weight is 655 g/mol. The van der Waals surface area contributed by atoms with Crippen molar-refractivity contribution in [1.29, 1.82) is 0 Å². The molecule has 1 aliphatic carbocycles. The number of para-hydroxylation sites is 2. The zero-order valence-electron chi connectivity index (χ0n) is 28.5. The van der Waals surface area contributed by atoms with Crippen LogP contribution < -0.4 is 4.74 Å². The smallest absolute Gasteiger partial charge is 0.132 e. The number of benzene rings is 7. The van der Waals surface area contributed by atoms with Crippen LogP contribution in [0.2, 0.25) is 0 Å². The summed E-state index contributed by atoms with van der Waals surface area (Å²) < 4.78 is 6.61. The fourth-order valence-corrected chi connectivity index (χ4v) is 8.74. The molecule has 0 saturated carbocycles. The van der Waals surface area contributed by atoms with E-state index in [1.807, 2.05) is 0 Å². The van der Waals surface area contributed by atoms with Gasteiger partial charge in [0.25, 0.3) is 0 Å². The molecule has 0 amide bonds. The predicted molar refractivity (Wildman–Crippen MR) is 206 cm³/mol. The predicted octanol–water partition coefficient (Wildman–Crippen LogP) is 11.8. The molecule has 1 spiro atoms. The van der Waals surface area contributed by atoms with Gasteiger partial charge < -0.3 is 4.74 Å². The van der Waals surface area contributed by atoms with Crippen LogP contribution in [-0.4, -0.2) is 10.2 Å². The summed E-state index contributed by atoms with van der Waals surface area (Å²) >= 11 is 0. The number of hydrogen-bond donors (Lipinski definition) is 0. The third kappa shape index (κ3) is 4.31. The van der Waals surface area contributed by atoms with Crippen LogP contribution in [0, 0.1) is 0 Å². The third-order valence-corrected chi connectivity index (χ3v) is 11.1. The number of ether oxygens (including phenoxy) is 1. The molecule has 2 aliphatic rings. The minimum atomic E-state index is -0.552. The fourth-order valence-electron chi connectivity index (χ4n) is 8.74. The van der Waals surface area contributed by atoms with Crippen LogP contribution in [0.3, 0.4) is 0 Å². The Morgan fingerprint density at radius 2 is 0.980 bits per heavy atom. The average Bonchev–Trinajstić information content (AvgIpc) is 3.19. The molecule has 1 aromatic heterocycles. The molecule has 3 nitrogen and oxygen atoms in total. The summed E-state index contributed by atoms with van der Waals surface area (Å²) in [5.74, 6) is 1.80. The van der Waals surface area contributed by atoms with Gasteiger partial charge in [0.05, 0.1) is 16.8 Å². The molecular weight excluding hydrogens is 621 g/mol. The Morgan fingerprint density at radius 1 is 0.412 bits per heavy atom. The van der Waals surface area contributed by atoms with E-state index in [4.69, 9.17) is 14.9 Å². The van der Waals surface area contributed by atoms with Gasteiger partial charge in [0.1, 0.15) is 11.5 Å². The van der Waals surface area contributed by atoms with E-state index in [1.165, 1.54) is 44.2 Å². The van der Waals surface area contributed by atoms with Gasteiger partial charge in [0.2, 0.25) is 0 Å². The van der Waals surface area contributed by atoms with Gasteiger partial charge in [-0.25, -0.2) is 0 Å². The Balaban J connectivity index is 1.13. The van der Waals surface area contributed by atoms with Gasteiger partial charge in [-0.3, -0.25) is 0 Å². The number of nitrogens with zero attached hydrogens (tertiary/aromatic N) is 2. The first-order valence-corrected chi connectivity index (χ1v) is 17.6. The van der Waals surface area contributed by atoms with Crippen molar-refractivity contribution >= 4 is 10.8 Å². The zero-order chi connectivity index (χ0) is 34.2. The molecule has 2 heterocycles. The van der Waals surface area contributed by atoms with Gasteiger partial charge in [0.15, 0.2) is 0 Å². The first kappa shape index (κ1) is 29.6. The van der Waals surface area contributed by atoms with E-state index in [2.05, 4.69) is 184 Å². The second-order valence-electron chi connectivity index (χ2n) is 14.2. The summed E-state index contributed by atoms with van der Waals surface area (Å²) in [6.45, 7) is 4.71. The largest absolute Gasteiger partial charge is 0.457 e. The Hall–Kier alpha value is -6.32. The molecule has 10 rings (SSSR count). The summed E-state index contributed by atoms with van der Waals surface area (Å²) in [7, 11) is 0. The lowest BCUT2D eigenvalue weighted by Crippen LogP contribution is -2.43. The maximum absolute atomic E-state index is 6.61. The van der Waals surface area contributed by atoms with E-state index in [0.717, 1.165) is 45.1 Å². The Kier molecular flexibility index (Phi) is 6.44. The van der Waals surface area contributed by atoms with Crippen LogP contribution in [0.5, 0.6) is 11.5 Å². The highest BCUT2D eigenvalue weighted by atomic mass is 16.5. The molecule has 3 heteroatoms. The maximum Gasteiger partial charge on any atom is 0.132 e. The van der Waals surface area contributed by atoms with E-state index >= 15 is 0 Å². The monoisotopic (exact) mass is 654 g/mol. The van der Waals surface area contributed by atoms with Gasteiger partial charge in [-0.15, -0.1) is 10.2 Å². The summed E-state index contributed by atoms with van der Waals surface area (Å²) in [6.07, 6.45) is 0. The Morgan fingerprint density at radius 3 is 1.75 bits per heavy atom. The third-order valence-electron chi connectivity index (χ3n) is 11.1. The first-order chi connectivity index (χ1) is 25.0. The molecule has 242 valence electrons. The first-order valence-electron chi connectivity index (χ1n) is 17.6. The highest BCUT2D eigenvalue weighted by Crippen LogP contribution is 2.61. The number of aromatic nitrogens is 2. The molecule has 0 N–H and O–H groups in total. The van der Waals surface area contributed by atoms with Gasteiger partial charge in [0, 0.05) is 27.7 Å². The molecule has 0 fully saturated rings. The van der Waals surface area contributed by atoms with Crippen LogP contribution in [0.4, 0.5) is 0 Å². The molecule has 0 saturated heterocycles. The SMILES string of the molecule is CC1(C)c2ccccc2C2(c3ccccc3Oc3ccccc32)c2cc(-c3cccc(-c4ccc(-c5cccc6ccccc56)nn4)c3)ccc21. The second-order valence-corrected chi connectivity index (χ2v) is 14.2. The van der Waals surface area contributed by atoms with Crippen molar-refractivity contribution in [3.63, 3.8) is 0 Å². The molecule has 0 unspecified atom stereocenters. The molecule has 7 aromatic carbocycles. The van der Waals surface area contributed by atoms with Crippen molar-refractivity contribution in [3.8, 4) is 45.1 Å². The van der Waals surface area contributed by atoms with E-state index < -0.39 is 5.41 Å². The van der Waals surface area contributed by atoms with Crippen molar-refractivity contribution < 1.29 is 4.74 Å². The van der Waals surface area contributed by atoms with Crippen molar-refractivity contribution in [2.24, 2.45) is 0 Å². The molecular formula is C48H34N2O. The number of hydrogen-bond acceptors (Lipinski definition) is 3. The molecule has 0 bridgehead atoms. The van der Waals surface area contributed by atoms with Crippen molar-refractivity contribution in [1.82, 2.24) is 10.2 Å². The normalized spacial score (nSPS) is 14.5. The topological polar surface area (TPSA) is 35.0 Å². The van der Waals surface area contributed by atoms with Crippen LogP contribution in [0.15, 0.2) is 170 Å².